The van der Waals surface area contributed by atoms with E-state index in [2.05, 4.69) is 27.6 Å². The molecule has 0 aliphatic carbocycles. The first-order chi connectivity index (χ1) is 16.1. The van der Waals surface area contributed by atoms with Gasteiger partial charge in [-0.1, -0.05) is 30.3 Å². The molecule has 4 nitrogen and oxygen atoms in total. The van der Waals surface area contributed by atoms with Gasteiger partial charge in [-0.05, 0) is 94.4 Å². The lowest BCUT2D eigenvalue weighted by Crippen LogP contribution is -2.01. The van der Waals surface area contributed by atoms with E-state index in [9.17, 15) is 4.39 Å². The number of hydrogen-bond acceptors (Lipinski definition) is 4. The van der Waals surface area contributed by atoms with Gasteiger partial charge >= 0.3 is 0 Å². The lowest BCUT2D eigenvalue weighted by Gasteiger charge is -2.13. The minimum atomic E-state index is -0.270. The first-order valence-electron chi connectivity index (χ1n) is 10.2. The third kappa shape index (κ3) is 6.32. The predicted octanol–water partition coefficient (Wildman–Crippen LogP) is 7.56. The van der Waals surface area contributed by atoms with Crippen molar-refractivity contribution in [3.05, 3.63) is 112 Å². The van der Waals surface area contributed by atoms with Gasteiger partial charge in [0.1, 0.15) is 23.9 Å². The van der Waals surface area contributed by atoms with Gasteiger partial charge in [0, 0.05) is 6.21 Å². The lowest BCUT2D eigenvalue weighted by atomic mass is 10.2. The summed E-state index contributed by atoms with van der Waals surface area (Å²) in [6.45, 7) is 0.317. The second kappa shape index (κ2) is 11.0. The van der Waals surface area contributed by atoms with E-state index in [0.717, 1.165) is 31.9 Å². The number of hydrogen-bond donors (Lipinski definition) is 0. The van der Waals surface area contributed by atoms with E-state index in [1.54, 1.807) is 25.5 Å². The van der Waals surface area contributed by atoms with E-state index in [4.69, 9.17) is 14.2 Å². The van der Waals surface area contributed by atoms with Crippen LogP contribution in [0, 0.1) is 9.39 Å². The summed E-state index contributed by atoms with van der Waals surface area (Å²) in [7, 11) is 1.60. The van der Waals surface area contributed by atoms with E-state index in [0.29, 0.717) is 18.1 Å². The number of methoxy groups -OCH3 is 1. The molecule has 0 aromatic heterocycles. The van der Waals surface area contributed by atoms with Crippen LogP contribution in [-0.4, -0.2) is 13.3 Å². The van der Waals surface area contributed by atoms with Crippen LogP contribution in [0.4, 0.5) is 10.1 Å². The van der Waals surface area contributed by atoms with Crippen molar-refractivity contribution >= 4 is 34.5 Å². The van der Waals surface area contributed by atoms with Crippen LogP contribution in [0.15, 0.2) is 96.0 Å². The molecular formula is C27H21FINO3. The minimum absolute atomic E-state index is 0.270. The maximum absolute atomic E-state index is 13.1. The zero-order valence-electron chi connectivity index (χ0n) is 17.9. The van der Waals surface area contributed by atoms with Crippen LogP contribution < -0.4 is 14.2 Å². The molecule has 0 atom stereocenters. The number of ether oxygens (including phenoxy) is 3. The Kier molecular flexibility index (Phi) is 7.57. The zero-order valence-corrected chi connectivity index (χ0v) is 20.0. The summed E-state index contributed by atoms with van der Waals surface area (Å²) in [5, 5.41) is 0. The normalized spacial score (nSPS) is 10.9. The Morgan fingerprint density at radius 2 is 1.58 bits per heavy atom. The topological polar surface area (TPSA) is 40.0 Å². The Labute approximate surface area is 205 Å². The van der Waals surface area contributed by atoms with Crippen molar-refractivity contribution in [1.29, 1.82) is 0 Å². The fourth-order valence-corrected chi connectivity index (χ4v) is 3.85. The summed E-state index contributed by atoms with van der Waals surface area (Å²) in [5.41, 5.74) is 2.57. The molecule has 4 rings (SSSR count). The van der Waals surface area contributed by atoms with Gasteiger partial charge in [-0.15, -0.1) is 0 Å². The van der Waals surface area contributed by atoms with Gasteiger partial charge in [0.15, 0.2) is 11.5 Å². The third-order valence-corrected chi connectivity index (χ3v) is 5.53. The molecule has 0 spiro atoms. The molecule has 0 bridgehead atoms. The quantitative estimate of drug-likeness (QED) is 0.167. The predicted molar refractivity (Wildman–Crippen MR) is 137 cm³/mol. The summed E-state index contributed by atoms with van der Waals surface area (Å²) >= 11 is 2.21. The Bertz CT molecular complexity index is 1230. The molecule has 0 unspecified atom stereocenters. The molecule has 4 aromatic carbocycles. The van der Waals surface area contributed by atoms with Crippen molar-refractivity contribution in [3.63, 3.8) is 0 Å². The van der Waals surface area contributed by atoms with Crippen LogP contribution in [0.3, 0.4) is 0 Å². The van der Waals surface area contributed by atoms with Crippen molar-refractivity contribution in [1.82, 2.24) is 0 Å². The molecule has 0 fully saturated rings. The molecule has 0 saturated heterocycles. The smallest absolute Gasteiger partial charge is 0.174 e. The number of nitrogens with zero attached hydrogens (tertiary/aromatic N) is 1. The van der Waals surface area contributed by atoms with Gasteiger partial charge in [0.25, 0.3) is 0 Å². The highest BCUT2D eigenvalue weighted by molar-refractivity contribution is 14.1. The Morgan fingerprint density at radius 1 is 0.879 bits per heavy atom. The molecule has 0 N–H and O–H groups in total. The van der Waals surface area contributed by atoms with Gasteiger partial charge in [-0.2, -0.15) is 0 Å². The summed E-state index contributed by atoms with van der Waals surface area (Å²) < 4.78 is 31.3. The minimum Gasteiger partial charge on any atom is -0.493 e. The van der Waals surface area contributed by atoms with Gasteiger partial charge < -0.3 is 14.2 Å². The highest BCUT2D eigenvalue weighted by Gasteiger charge is 2.11. The van der Waals surface area contributed by atoms with E-state index in [1.165, 1.54) is 12.1 Å². The molecule has 4 aromatic rings. The van der Waals surface area contributed by atoms with E-state index in [-0.39, 0.29) is 5.82 Å². The van der Waals surface area contributed by atoms with Crippen LogP contribution in [0.2, 0.25) is 0 Å². The summed E-state index contributed by atoms with van der Waals surface area (Å²) in [6, 6.07) is 27.3. The average molecular weight is 553 g/mol. The van der Waals surface area contributed by atoms with Crippen molar-refractivity contribution in [2.24, 2.45) is 4.99 Å². The maximum atomic E-state index is 13.1. The Morgan fingerprint density at radius 3 is 2.27 bits per heavy atom. The fraction of sp³-hybridized carbons (Fsp3) is 0.0741. The molecule has 0 saturated carbocycles. The second-order valence-corrected chi connectivity index (χ2v) is 8.28. The van der Waals surface area contributed by atoms with Crippen LogP contribution in [0.25, 0.3) is 0 Å². The molecule has 33 heavy (non-hydrogen) atoms. The molecule has 0 amide bonds. The SMILES string of the molecule is COc1cc(C=Nc2ccc(Oc3ccccc3)cc2)cc(I)c1OCc1ccc(F)cc1. The molecule has 0 radical (unpaired) electrons. The number of rotatable bonds is 8. The van der Waals surface area contributed by atoms with E-state index in [1.807, 2.05) is 66.7 Å². The lowest BCUT2D eigenvalue weighted by molar-refractivity contribution is 0.282. The maximum Gasteiger partial charge on any atom is 0.174 e. The van der Waals surface area contributed by atoms with Crippen LogP contribution >= 0.6 is 22.6 Å². The van der Waals surface area contributed by atoms with Crippen molar-refractivity contribution < 1.29 is 18.6 Å². The summed E-state index contributed by atoms with van der Waals surface area (Å²) in [4.78, 5) is 4.56. The Hall–Kier alpha value is -3.39. The zero-order chi connectivity index (χ0) is 23.0. The molecule has 0 aliphatic heterocycles. The van der Waals surface area contributed by atoms with Crippen LogP contribution in [0.5, 0.6) is 23.0 Å². The summed E-state index contributed by atoms with van der Waals surface area (Å²) in [5.74, 6) is 2.52. The average Bonchev–Trinajstić information content (AvgIpc) is 2.84. The number of para-hydroxylation sites is 1. The standard InChI is InChI=1S/C27H21FINO3/c1-31-26-16-20(15-25(29)27(26)32-18-19-7-9-21(28)10-8-19)17-30-22-11-13-24(14-12-22)33-23-5-3-2-4-6-23/h2-17H,18H2,1H3. The largest absolute Gasteiger partial charge is 0.493 e. The van der Waals surface area contributed by atoms with Gasteiger partial charge in [-0.25, -0.2) is 4.39 Å². The highest BCUT2D eigenvalue weighted by atomic mass is 127. The summed E-state index contributed by atoms with van der Waals surface area (Å²) in [6.07, 6.45) is 1.78. The monoisotopic (exact) mass is 553 g/mol. The highest BCUT2D eigenvalue weighted by Crippen LogP contribution is 2.34. The van der Waals surface area contributed by atoms with Crippen LogP contribution in [0.1, 0.15) is 11.1 Å². The van der Waals surface area contributed by atoms with E-state index >= 15 is 0 Å². The van der Waals surface area contributed by atoms with Crippen LogP contribution in [-0.2, 0) is 6.61 Å². The first-order valence-corrected chi connectivity index (χ1v) is 11.3. The first kappa shape index (κ1) is 22.8. The van der Waals surface area contributed by atoms with E-state index < -0.39 is 0 Å². The van der Waals surface area contributed by atoms with Gasteiger partial charge in [0.2, 0.25) is 0 Å². The number of halogens is 2. The molecule has 6 heteroatoms. The van der Waals surface area contributed by atoms with Crippen molar-refractivity contribution in [2.75, 3.05) is 7.11 Å². The second-order valence-electron chi connectivity index (χ2n) is 7.12. The van der Waals surface area contributed by atoms with Crippen molar-refractivity contribution in [3.8, 4) is 23.0 Å². The molecule has 166 valence electrons. The number of benzene rings is 4. The Balaban J connectivity index is 1.44. The molecular weight excluding hydrogens is 532 g/mol. The third-order valence-electron chi connectivity index (χ3n) is 4.73. The fourth-order valence-electron chi connectivity index (χ4n) is 3.06. The van der Waals surface area contributed by atoms with Gasteiger partial charge in [0.05, 0.1) is 16.4 Å². The molecule has 0 aliphatic rings. The molecule has 0 heterocycles. The van der Waals surface area contributed by atoms with Crippen molar-refractivity contribution in [2.45, 2.75) is 6.61 Å². The van der Waals surface area contributed by atoms with Gasteiger partial charge in [-0.3, -0.25) is 4.99 Å². The number of aliphatic imine (C=N–C) groups is 1.